The molecule has 1 unspecified atom stereocenters. The molecule has 1 heterocycles. The van der Waals surface area contributed by atoms with Crippen molar-refractivity contribution in [3.63, 3.8) is 0 Å². The van der Waals surface area contributed by atoms with Crippen LogP contribution in [0.3, 0.4) is 0 Å². The summed E-state index contributed by atoms with van der Waals surface area (Å²) in [6, 6.07) is 4.31. The normalized spacial score (nSPS) is 13.3. The van der Waals surface area contributed by atoms with Gasteiger partial charge in [0.2, 0.25) is 0 Å². The summed E-state index contributed by atoms with van der Waals surface area (Å²) in [6.45, 7) is 8.86. The van der Waals surface area contributed by atoms with Gasteiger partial charge in [-0.05, 0) is 36.1 Å². The Bertz CT molecular complexity index is 377. The summed E-state index contributed by atoms with van der Waals surface area (Å²) in [5.41, 5.74) is 0. The number of carboxylic acids is 1. The summed E-state index contributed by atoms with van der Waals surface area (Å²) < 4.78 is 0. The highest BCUT2D eigenvalue weighted by atomic mass is 32.1. The van der Waals surface area contributed by atoms with Gasteiger partial charge in [-0.1, -0.05) is 33.8 Å². The summed E-state index contributed by atoms with van der Waals surface area (Å²) in [7, 11) is 0. The lowest BCUT2D eigenvalue weighted by molar-refractivity contribution is -0.137. The van der Waals surface area contributed by atoms with Crippen molar-refractivity contribution in [2.24, 2.45) is 11.8 Å². The molecule has 1 rings (SSSR count). The van der Waals surface area contributed by atoms with E-state index in [9.17, 15) is 4.79 Å². The van der Waals surface area contributed by atoms with Crippen LogP contribution >= 0.6 is 11.3 Å². The third-order valence-electron chi connectivity index (χ3n) is 3.21. The molecule has 0 bridgehead atoms. The summed E-state index contributed by atoms with van der Waals surface area (Å²) >= 11 is 1.63. The average Bonchev–Trinajstić information content (AvgIpc) is 2.78. The molecule has 0 aliphatic heterocycles. The van der Waals surface area contributed by atoms with Crippen molar-refractivity contribution in [2.45, 2.75) is 59.0 Å². The second-order valence-electron chi connectivity index (χ2n) is 6.29. The van der Waals surface area contributed by atoms with Crippen molar-refractivity contribution in [2.75, 3.05) is 0 Å². The second kappa shape index (κ2) is 8.42. The SMILES string of the molecule is CC(C)CC(CC(C)C)NC(CC(=O)O)c1cccs1. The molecule has 1 atom stereocenters. The number of hydrogen-bond acceptors (Lipinski definition) is 3. The molecule has 0 aliphatic carbocycles. The van der Waals surface area contributed by atoms with Gasteiger partial charge in [-0.15, -0.1) is 11.3 Å². The zero-order chi connectivity index (χ0) is 15.1. The number of thiophene rings is 1. The van der Waals surface area contributed by atoms with Crippen molar-refractivity contribution < 1.29 is 9.90 Å². The van der Waals surface area contributed by atoms with Gasteiger partial charge in [0.15, 0.2) is 0 Å². The lowest BCUT2D eigenvalue weighted by atomic mass is 9.94. The van der Waals surface area contributed by atoms with E-state index >= 15 is 0 Å². The van der Waals surface area contributed by atoms with Gasteiger partial charge in [0.1, 0.15) is 0 Å². The van der Waals surface area contributed by atoms with E-state index in [1.807, 2.05) is 17.5 Å². The lowest BCUT2D eigenvalue weighted by Gasteiger charge is -2.27. The van der Waals surface area contributed by atoms with Gasteiger partial charge >= 0.3 is 5.97 Å². The zero-order valence-electron chi connectivity index (χ0n) is 12.9. The second-order valence-corrected chi connectivity index (χ2v) is 7.27. The molecule has 0 fully saturated rings. The first-order valence-electron chi connectivity index (χ1n) is 7.39. The molecule has 1 aromatic rings. The standard InChI is InChI=1S/C16H27NO2S/c1-11(2)8-13(9-12(3)4)17-14(10-16(18)19)15-6-5-7-20-15/h5-7,11-14,17H,8-10H2,1-4H3,(H,18,19). The van der Waals surface area contributed by atoms with Crippen LogP contribution < -0.4 is 5.32 Å². The molecular formula is C16H27NO2S. The topological polar surface area (TPSA) is 49.3 Å². The van der Waals surface area contributed by atoms with E-state index in [0.29, 0.717) is 17.9 Å². The van der Waals surface area contributed by atoms with Crippen LogP contribution in [-0.4, -0.2) is 17.1 Å². The van der Waals surface area contributed by atoms with Gasteiger partial charge in [-0.25, -0.2) is 0 Å². The minimum atomic E-state index is -0.747. The van der Waals surface area contributed by atoms with Crippen molar-refractivity contribution in [1.82, 2.24) is 5.32 Å². The molecule has 0 saturated heterocycles. The van der Waals surface area contributed by atoms with Gasteiger partial charge in [-0.3, -0.25) is 4.79 Å². The molecule has 1 aromatic heterocycles. The predicted molar refractivity (Wildman–Crippen MR) is 85.1 cm³/mol. The third-order valence-corrected chi connectivity index (χ3v) is 4.20. The monoisotopic (exact) mass is 297 g/mol. The molecule has 114 valence electrons. The Labute approximate surface area is 126 Å². The molecule has 0 spiro atoms. The lowest BCUT2D eigenvalue weighted by Crippen LogP contribution is -2.35. The van der Waals surface area contributed by atoms with Gasteiger partial charge in [0.25, 0.3) is 0 Å². The van der Waals surface area contributed by atoms with E-state index in [0.717, 1.165) is 17.7 Å². The molecule has 0 saturated carbocycles. The van der Waals surface area contributed by atoms with Crippen LogP contribution in [0.2, 0.25) is 0 Å². The van der Waals surface area contributed by atoms with Crippen molar-refractivity contribution in [3.8, 4) is 0 Å². The maximum absolute atomic E-state index is 11.1. The predicted octanol–water partition coefficient (Wildman–Crippen LogP) is 4.31. The van der Waals surface area contributed by atoms with E-state index in [4.69, 9.17) is 5.11 Å². The Kier molecular flexibility index (Phi) is 7.24. The molecule has 0 radical (unpaired) electrons. The first kappa shape index (κ1) is 17.2. The maximum Gasteiger partial charge on any atom is 0.305 e. The van der Waals surface area contributed by atoms with E-state index in [-0.39, 0.29) is 12.5 Å². The fourth-order valence-electron chi connectivity index (χ4n) is 2.56. The molecule has 3 nitrogen and oxygen atoms in total. The van der Waals surface area contributed by atoms with Crippen molar-refractivity contribution >= 4 is 17.3 Å². The van der Waals surface area contributed by atoms with Crippen LogP contribution in [0, 0.1) is 11.8 Å². The summed E-state index contributed by atoms with van der Waals surface area (Å²) in [6.07, 6.45) is 2.31. The van der Waals surface area contributed by atoms with Crippen LogP contribution in [0.25, 0.3) is 0 Å². The third kappa shape index (κ3) is 6.53. The number of rotatable bonds is 9. The first-order chi connectivity index (χ1) is 9.38. The first-order valence-corrected chi connectivity index (χ1v) is 8.27. The van der Waals surface area contributed by atoms with Crippen LogP contribution in [0.15, 0.2) is 17.5 Å². The van der Waals surface area contributed by atoms with E-state index in [2.05, 4.69) is 33.0 Å². The van der Waals surface area contributed by atoms with Gasteiger partial charge in [0, 0.05) is 10.9 Å². The molecule has 2 N–H and O–H groups in total. The van der Waals surface area contributed by atoms with Crippen molar-refractivity contribution in [1.29, 1.82) is 0 Å². The molecule has 4 heteroatoms. The summed E-state index contributed by atoms with van der Waals surface area (Å²) in [5, 5.41) is 14.7. The Morgan fingerprint density at radius 2 is 1.85 bits per heavy atom. The Morgan fingerprint density at radius 3 is 2.25 bits per heavy atom. The summed E-state index contributed by atoms with van der Waals surface area (Å²) in [5.74, 6) is 0.476. The highest BCUT2D eigenvalue weighted by molar-refractivity contribution is 7.10. The molecule has 0 aliphatic rings. The van der Waals surface area contributed by atoms with Gasteiger partial charge in [0.05, 0.1) is 12.5 Å². The molecule has 0 amide bonds. The number of nitrogens with one attached hydrogen (secondary N) is 1. The molecule has 20 heavy (non-hydrogen) atoms. The number of aliphatic carboxylic acids is 1. The highest BCUT2D eigenvalue weighted by Crippen LogP contribution is 2.25. The largest absolute Gasteiger partial charge is 0.481 e. The zero-order valence-corrected chi connectivity index (χ0v) is 13.7. The Hall–Kier alpha value is -0.870. The van der Waals surface area contributed by atoms with E-state index in [1.165, 1.54) is 0 Å². The minimum absolute atomic E-state index is 0.0741. The Balaban J connectivity index is 2.75. The van der Waals surface area contributed by atoms with Crippen molar-refractivity contribution in [3.05, 3.63) is 22.4 Å². The Morgan fingerprint density at radius 1 is 1.25 bits per heavy atom. The van der Waals surface area contributed by atoms with Gasteiger partial charge < -0.3 is 10.4 Å². The number of hydrogen-bond donors (Lipinski definition) is 2. The molecular weight excluding hydrogens is 270 g/mol. The quantitative estimate of drug-likeness (QED) is 0.714. The van der Waals surface area contributed by atoms with Crippen LogP contribution in [0.5, 0.6) is 0 Å². The minimum Gasteiger partial charge on any atom is -0.481 e. The van der Waals surface area contributed by atoms with Crippen LogP contribution in [0.4, 0.5) is 0 Å². The maximum atomic E-state index is 11.1. The smallest absolute Gasteiger partial charge is 0.305 e. The number of carboxylic acid groups (broad SMARTS) is 1. The summed E-state index contributed by atoms with van der Waals surface area (Å²) in [4.78, 5) is 12.2. The highest BCUT2D eigenvalue weighted by Gasteiger charge is 2.21. The van der Waals surface area contributed by atoms with E-state index in [1.54, 1.807) is 11.3 Å². The fourth-order valence-corrected chi connectivity index (χ4v) is 3.35. The van der Waals surface area contributed by atoms with Gasteiger partial charge in [-0.2, -0.15) is 0 Å². The molecule has 0 aromatic carbocycles. The fraction of sp³-hybridized carbons (Fsp3) is 0.688. The number of carbonyl (C=O) groups is 1. The van der Waals surface area contributed by atoms with Crippen LogP contribution in [0.1, 0.15) is 57.9 Å². The van der Waals surface area contributed by atoms with E-state index < -0.39 is 5.97 Å². The van der Waals surface area contributed by atoms with Crippen LogP contribution in [-0.2, 0) is 4.79 Å². The average molecular weight is 297 g/mol.